The minimum absolute atomic E-state index is 0.0596. The average molecular weight is 489 g/mol. The number of aromatic hydroxyl groups is 2. The van der Waals surface area contributed by atoms with Gasteiger partial charge in [0.2, 0.25) is 0 Å². The van der Waals surface area contributed by atoms with Crippen LogP contribution in [0.5, 0.6) is 11.5 Å². The molecular formula is C28H28N2O6. The van der Waals surface area contributed by atoms with Crippen LogP contribution in [-0.4, -0.2) is 48.1 Å². The number of phenolic OH excluding ortho intramolecular Hbond substituents is 2. The van der Waals surface area contributed by atoms with E-state index in [9.17, 15) is 19.8 Å². The Labute approximate surface area is 208 Å². The molecule has 4 N–H and O–H groups in total. The molecule has 1 aliphatic carbocycles. The van der Waals surface area contributed by atoms with Crippen molar-refractivity contribution in [2.75, 3.05) is 13.7 Å². The fourth-order valence-electron chi connectivity index (χ4n) is 5.30. The highest BCUT2D eigenvalue weighted by molar-refractivity contribution is 5.79. The first-order valence-electron chi connectivity index (χ1n) is 11.9. The highest BCUT2D eigenvalue weighted by Gasteiger charge is 2.36. The molecule has 8 nitrogen and oxygen atoms in total. The lowest BCUT2D eigenvalue weighted by atomic mass is 9.86. The smallest absolute Gasteiger partial charge is 0.407 e. The Hall–Kier alpha value is -4.04. The summed E-state index contributed by atoms with van der Waals surface area (Å²) in [5.74, 6) is -1.05. The summed E-state index contributed by atoms with van der Waals surface area (Å²) in [6, 6.07) is 17.4. The molecule has 0 saturated carbocycles. The number of methoxy groups -OCH3 is 1. The van der Waals surface area contributed by atoms with Gasteiger partial charge in [-0.2, -0.15) is 0 Å². The van der Waals surface area contributed by atoms with E-state index in [1.165, 1.54) is 19.2 Å². The van der Waals surface area contributed by atoms with E-state index in [0.29, 0.717) is 11.1 Å². The number of ether oxygens (including phenoxy) is 2. The third kappa shape index (κ3) is 4.24. The standard InChI is InChI=1S/C28H28N2O6/c1-15(26-21-13-25(32)24(31)12-16(21)11-23(30-26)27(33)35-2)29-28(34)36-14-22-19-9-5-3-7-17(19)18-8-4-6-10-20(18)22/h3-10,12-13,15,22-23,26,30-32H,11,14H2,1-2H3,(H,29,34)/t15-,23-,26-/m0/s1. The number of rotatable bonds is 5. The monoisotopic (exact) mass is 488 g/mol. The molecule has 3 aromatic carbocycles. The van der Waals surface area contributed by atoms with Gasteiger partial charge in [-0.15, -0.1) is 0 Å². The van der Waals surface area contributed by atoms with Gasteiger partial charge in [0.05, 0.1) is 13.2 Å². The van der Waals surface area contributed by atoms with E-state index in [1.807, 2.05) is 24.3 Å². The first-order valence-corrected chi connectivity index (χ1v) is 11.9. The van der Waals surface area contributed by atoms with Gasteiger partial charge >= 0.3 is 12.1 Å². The highest BCUT2D eigenvalue weighted by Crippen LogP contribution is 2.44. The SMILES string of the molecule is COC(=O)[C@@H]1Cc2cc(O)c(O)cc2[C@H]([C@H](C)NC(=O)OCC2c3ccccc3-c3ccccc32)N1. The number of benzene rings is 3. The third-order valence-electron chi connectivity index (χ3n) is 7.05. The Kier molecular flexibility index (Phi) is 6.28. The van der Waals surface area contributed by atoms with Gasteiger partial charge in [0.25, 0.3) is 0 Å². The lowest BCUT2D eigenvalue weighted by Crippen LogP contribution is -2.52. The van der Waals surface area contributed by atoms with E-state index in [1.54, 1.807) is 6.92 Å². The van der Waals surface area contributed by atoms with Crippen LogP contribution < -0.4 is 10.6 Å². The lowest BCUT2D eigenvalue weighted by Gasteiger charge is -2.35. The minimum Gasteiger partial charge on any atom is -0.504 e. The van der Waals surface area contributed by atoms with Crippen LogP contribution >= 0.6 is 0 Å². The van der Waals surface area contributed by atoms with Crippen LogP contribution in [0.4, 0.5) is 4.79 Å². The van der Waals surface area contributed by atoms with Crippen molar-refractivity contribution in [3.05, 3.63) is 82.9 Å². The summed E-state index contributed by atoms with van der Waals surface area (Å²) in [4.78, 5) is 25.1. The molecule has 0 aromatic heterocycles. The normalized spacial score (nSPS) is 18.9. The van der Waals surface area contributed by atoms with Crippen molar-refractivity contribution in [3.8, 4) is 22.6 Å². The zero-order valence-corrected chi connectivity index (χ0v) is 20.0. The molecule has 0 radical (unpaired) electrons. The van der Waals surface area contributed by atoms with Gasteiger partial charge in [-0.05, 0) is 58.9 Å². The molecule has 5 rings (SSSR count). The number of hydrogen-bond donors (Lipinski definition) is 4. The van der Waals surface area contributed by atoms with Gasteiger partial charge < -0.3 is 25.0 Å². The minimum atomic E-state index is -0.664. The van der Waals surface area contributed by atoms with E-state index in [0.717, 1.165) is 22.3 Å². The Morgan fingerprint density at radius 1 is 1.00 bits per heavy atom. The van der Waals surface area contributed by atoms with Gasteiger partial charge in [-0.3, -0.25) is 10.1 Å². The lowest BCUT2D eigenvalue weighted by molar-refractivity contribution is -0.143. The number of nitrogens with one attached hydrogen (secondary N) is 2. The Balaban J connectivity index is 1.31. The van der Waals surface area contributed by atoms with Crippen molar-refractivity contribution in [1.82, 2.24) is 10.6 Å². The molecule has 1 aliphatic heterocycles. The second-order valence-corrected chi connectivity index (χ2v) is 9.22. The number of hydrogen-bond acceptors (Lipinski definition) is 7. The quantitative estimate of drug-likeness (QED) is 0.319. The number of alkyl carbamates (subject to hydrolysis) is 1. The maximum absolute atomic E-state index is 12.8. The predicted octanol–water partition coefficient (Wildman–Crippen LogP) is 3.75. The molecule has 0 bridgehead atoms. The van der Waals surface area contributed by atoms with E-state index in [4.69, 9.17) is 9.47 Å². The molecule has 186 valence electrons. The summed E-state index contributed by atoms with van der Waals surface area (Å²) in [7, 11) is 1.31. The predicted molar refractivity (Wildman–Crippen MR) is 133 cm³/mol. The van der Waals surface area contributed by atoms with Crippen molar-refractivity contribution < 1.29 is 29.3 Å². The topological polar surface area (TPSA) is 117 Å². The van der Waals surface area contributed by atoms with Crippen molar-refractivity contribution in [2.24, 2.45) is 0 Å². The molecule has 3 aromatic rings. The highest BCUT2D eigenvalue weighted by atomic mass is 16.5. The number of fused-ring (bicyclic) bond motifs is 4. The number of phenols is 2. The van der Waals surface area contributed by atoms with Crippen LogP contribution in [0.3, 0.4) is 0 Å². The molecule has 1 amide bonds. The molecule has 8 heteroatoms. The van der Waals surface area contributed by atoms with Crippen molar-refractivity contribution >= 4 is 12.1 Å². The number of esters is 1. The fraction of sp³-hybridized carbons (Fsp3) is 0.286. The van der Waals surface area contributed by atoms with Crippen LogP contribution in [0.2, 0.25) is 0 Å². The molecule has 36 heavy (non-hydrogen) atoms. The first-order chi connectivity index (χ1) is 17.4. The zero-order valence-electron chi connectivity index (χ0n) is 20.0. The van der Waals surface area contributed by atoms with Gasteiger partial charge in [0.15, 0.2) is 11.5 Å². The summed E-state index contributed by atoms with van der Waals surface area (Å²) in [5, 5.41) is 26.1. The summed E-state index contributed by atoms with van der Waals surface area (Å²) in [6.45, 7) is 1.97. The molecule has 1 heterocycles. The Morgan fingerprint density at radius 3 is 2.25 bits per heavy atom. The van der Waals surface area contributed by atoms with E-state index in [-0.39, 0.29) is 30.4 Å². The van der Waals surface area contributed by atoms with Gasteiger partial charge in [-0.1, -0.05) is 48.5 Å². The largest absolute Gasteiger partial charge is 0.504 e. The van der Waals surface area contributed by atoms with E-state index in [2.05, 4.69) is 34.9 Å². The summed E-state index contributed by atoms with van der Waals surface area (Å²) in [6.07, 6.45) is -0.305. The molecular weight excluding hydrogens is 460 g/mol. The Bertz CT molecular complexity index is 1280. The zero-order chi connectivity index (χ0) is 25.4. The first kappa shape index (κ1) is 23.7. The van der Waals surface area contributed by atoms with Crippen LogP contribution in [-0.2, 0) is 20.7 Å². The maximum Gasteiger partial charge on any atom is 0.407 e. The van der Waals surface area contributed by atoms with Gasteiger partial charge in [0.1, 0.15) is 12.6 Å². The summed E-state index contributed by atoms with van der Waals surface area (Å²) < 4.78 is 10.6. The van der Waals surface area contributed by atoms with Crippen LogP contribution in [0, 0.1) is 0 Å². The molecule has 0 unspecified atom stereocenters. The second kappa shape index (κ2) is 9.54. The van der Waals surface area contributed by atoms with Crippen LogP contribution in [0.1, 0.15) is 41.1 Å². The molecule has 3 atom stereocenters. The molecule has 2 aliphatic rings. The van der Waals surface area contributed by atoms with E-state index < -0.39 is 30.2 Å². The maximum atomic E-state index is 12.8. The van der Waals surface area contributed by atoms with Crippen LogP contribution in [0.25, 0.3) is 11.1 Å². The summed E-state index contributed by atoms with van der Waals surface area (Å²) in [5.41, 5.74) is 5.91. The number of amides is 1. The number of carbonyl (C=O) groups is 2. The van der Waals surface area contributed by atoms with Crippen LogP contribution in [0.15, 0.2) is 60.7 Å². The van der Waals surface area contributed by atoms with Crippen molar-refractivity contribution in [3.63, 3.8) is 0 Å². The summed E-state index contributed by atoms with van der Waals surface area (Å²) >= 11 is 0. The number of carbonyl (C=O) groups excluding carboxylic acids is 2. The second-order valence-electron chi connectivity index (χ2n) is 9.22. The Morgan fingerprint density at radius 2 is 1.61 bits per heavy atom. The van der Waals surface area contributed by atoms with Crippen molar-refractivity contribution in [2.45, 2.75) is 37.4 Å². The average Bonchev–Trinajstić information content (AvgIpc) is 3.20. The van der Waals surface area contributed by atoms with E-state index >= 15 is 0 Å². The van der Waals surface area contributed by atoms with Gasteiger partial charge in [0, 0.05) is 12.0 Å². The third-order valence-corrected chi connectivity index (χ3v) is 7.05. The molecule has 0 spiro atoms. The molecule has 0 fully saturated rings. The van der Waals surface area contributed by atoms with Gasteiger partial charge in [-0.25, -0.2) is 4.79 Å². The molecule has 0 saturated heterocycles. The van der Waals surface area contributed by atoms with Crippen molar-refractivity contribution in [1.29, 1.82) is 0 Å². The fourth-order valence-corrected chi connectivity index (χ4v) is 5.30.